The van der Waals surface area contributed by atoms with Crippen molar-refractivity contribution in [1.82, 2.24) is 10.1 Å². The maximum Gasteiger partial charge on any atom is 0.226 e. The first-order valence-electron chi connectivity index (χ1n) is 5.46. The van der Waals surface area contributed by atoms with Crippen molar-refractivity contribution in [2.75, 3.05) is 6.54 Å². The zero-order chi connectivity index (χ0) is 12.3. The lowest BCUT2D eigenvalue weighted by Gasteiger charge is -2.03. The third-order valence-corrected chi connectivity index (χ3v) is 4.20. The Kier molecular flexibility index (Phi) is 4.31. The van der Waals surface area contributed by atoms with Crippen LogP contribution in [0.4, 0.5) is 0 Å². The Labute approximate surface area is 112 Å². The Hall–Kier alpha value is -0.720. The first kappa shape index (κ1) is 12.7. The van der Waals surface area contributed by atoms with Crippen molar-refractivity contribution in [2.45, 2.75) is 19.8 Å². The Morgan fingerprint density at radius 3 is 3.06 bits per heavy atom. The molecule has 0 aliphatic heterocycles. The zero-order valence-electron chi connectivity index (χ0n) is 9.52. The molecule has 0 fully saturated rings. The van der Waals surface area contributed by atoms with Gasteiger partial charge in [-0.15, -0.1) is 11.3 Å². The molecule has 2 rings (SSSR count). The summed E-state index contributed by atoms with van der Waals surface area (Å²) in [4.78, 5) is 5.38. The lowest BCUT2D eigenvalue weighted by molar-refractivity contribution is 0.366. The van der Waals surface area contributed by atoms with Crippen LogP contribution in [0, 0.1) is 5.92 Å². The lowest BCUT2D eigenvalue weighted by atomic mass is 10.1. The largest absolute Gasteiger partial charge is 0.339 e. The number of nitrogens with zero attached hydrogens (tertiary/aromatic N) is 2. The van der Waals surface area contributed by atoms with Gasteiger partial charge >= 0.3 is 0 Å². The highest BCUT2D eigenvalue weighted by Crippen LogP contribution is 2.27. The van der Waals surface area contributed by atoms with Gasteiger partial charge in [0.2, 0.25) is 11.7 Å². The monoisotopic (exact) mass is 315 g/mol. The van der Waals surface area contributed by atoms with E-state index < -0.39 is 0 Å². The van der Waals surface area contributed by atoms with E-state index in [0.29, 0.717) is 24.2 Å². The SMILES string of the molecule is CC(CN)CCc1nc(-c2cc(Br)cs2)no1. The number of thiophene rings is 1. The highest BCUT2D eigenvalue weighted by molar-refractivity contribution is 9.10. The maximum atomic E-state index is 5.57. The van der Waals surface area contributed by atoms with E-state index in [1.807, 2.05) is 11.4 Å². The summed E-state index contributed by atoms with van der Waals surface area (Å²) in [6.07, 6.45) is 1.77. The van der Waals surface area contributed by atoms with Gasteiger partial charge in [0.05, 0.1) is 4.88 Å². The summed E-state index contributed by atoms with van der Waals surface area (Å²) in [6, 6.07) is 1.99. The molecule has 92 valence electrons. The van der Waals surface area contributed by atoms with Gasteiger partial charge in [-0.1, -0.05) is 12.1 Å². The molecule has 0 aromatic carbocycles. The van der Waals surface area contributed by atoms with Crippen LogP contribution in [0.2, 0.25) is 0 Å². The topological polar surface area (TPSA) is 64.9 Å². The molecular formula is C11H14BrN3OS. The Bertz CT molecular complexity index is 483. The van der Waals surface area contributed by atoms with Crippen LogP contribution in [0.25, 0.3) is 10.7 Å². The fraction of sp³-hybridized carbons (Fsp3) is 0.455. The number of hydrogen-bond acceptors (Lipinski definition) is 5. The van der Waals surface area contributed by atoms with Crippen LogP contribution in [-0.4, -0.2) is 16.7 Å². The number of aromatic nitrogens is 2. The second-order valence-electron chi connectivity index (χ2n) is 4.02. The quantitative estimate of drug-likeness (QED) is 0.920. The van der Waals surface area contributed by atoms with E-state index >= 15 is 0 Å². The summed E-state index contributed by atoms with van der Waals surface area (Å²) in [6.45, 7) is 2.81. The van der Waals surface area contributed by atoms with E-state index in [2.05, 4.69) is 33.0 Å². The molecule has 0 aliphatic rings. The van der Waals surface area contributed by atoms with Crippen LogP contribution in [0.5, 0.6) is 0 Å². The fourth-order valence-electron chi connectivity index (χ4n) is 1.37. The highest BCUT2D eigenvalue weighted by atomic mass is 79.9. The van der Waals surface area contributed by atoms with Crippen molar-refractivity contribution in [1.29, 1.82) is 0 Å². The Morgan fingerprint density at radius 1 is 1.59 bits per heavy atom. The van der Waals surface area contributed by atoms with Crippen molar-refractivity contribution in [3.8, 4) is 10.7 Å². The molecular weight excluding hydrogens is 302 g/mol. The summed E-state index contributed by atoms with van der Waals surface area (Å²) >= 11 is 5.00. The van der Waals surface area contributed by atoms with Crippen LogP contribution in [0.15, 0.2) is 20.4 Å². The number of hydrogen-bond donors (Lipinski definition) is 1. The smallest absolute Gasteiger partial charge is 0.226 e. The van der Waals surface area contributed by atoms with E-state index in [1.54, 1.807) is 11.3 Å². The summed E-state index contributed by atoms with van der Waals surface area (Å²) in [5.41, 5.74) is 5.57. The first-order valence-corrected chi connectivity index (χ1v) is 7.13. The number of nitrogens with two attached hydrogens (primary N) is 1. The minimum Gasteiger partial charge on any atom is -0.339 e. The van der Waals surface area contributed by atoms with Gasteiger partial charge in [-0.25, -0.2) is 0 Å². The van der Waals surface area contributed by atoms with E-state index in [1.165, 1.54) is 0 Å². The molecule has 4 nitrogen and oxygen atoms in total. The van der Waals surface area contributed by atoms with Crippen molar-refractivity contribution in [3.63, 3.8) is 0 Å². The average molecular weight is 316 g/mol. The standard InChI is InChI=1S/C11H14BrN3OS/c1-7(5-13)2-3-10-14-11(15-16-10)9-4-8(12)6-17-9/h4,6-7H,2-3,5,13H2,1H3. The molecule has 0 radical (unpaired) electrons. The predicted octanol–water partition coefficient (Wildman–Crippen LogP) is 3.09. The van der Waals surface area contributed by atoms with Gasteiger partial charge in [0.1, 0.15) is 0 Å². The van der Waals surface area contributed by atoms with Crippen molar-refractivity contribution >= 4 is 27.3 Å². The van der Waals surface area contributed by atoms with Gasteiger partial charge in [-0.05, 0) is 40.9 Å². The predicted molar refractivity (Wildman–Crippen MR) is 71.9 cm³/mol. The molecule has 2 N–H and O–H groups in total. The van der Waals surface area contributed by atoms with E-state index in [-0.39, 0.29) is 0 Å². The molecule has 0 saturated carbocycles. The van der Waals surface area contributed by atoms with Crippen molar-refractivity contribution in [2.24, 2.45) is 11.7 Å². The molecule has 2 aromatic heterocycles. The van der Waals surface area contributed by atoms with Crippen molar-refractivity contribution < 1.29 is 4.52 Å². The Balaban J connectivity index is 2.01. The van der Waals surface area contributed by atoms with Crippen molar-refractivity contribution in [3.05, 3.63) is 21.8 Å². The molecule has 0 bridgehead atoms. The molecule has 0 spiro atoms. The highest BCUT2D eigenvalue weighted by Gasteiger charge is 2.11. The molecule has 1 atom stereocenters. The minimum atomic E-state index is 0.487. The van der Waals surface area contributed by atoms with Gasteiger partial charge in [0, 0.05) is 16.3 Å². The second kappa shape index (κ2) is 5.75. The van der Waals surface area contributed by atoms with Crippen LogP contribution in [0.1, 0.15) is 19.2 Å². The van der Waals surface area contributed by atoms with E-state index in [0.717, 1.165) is 22.2 Å². The van der Waals surface area contributed by atoms with Gasteiger partial charge in [-0.3, -0.25) is 0 Å². The van der Waals surface area contributed by atoms with Gasteiger partial charge < -0.3 is 10.3 Å². The second-order valence-corrected chi connectivity index (χ2v) is 5.85. The van der Waals surface area contributed by atoms with Crippen LogP contribution < -0.4 is 5.73 Å². The van der Waals surface area contributed by atoms with Crippen LogP contribution in [-0.2, 0) is 6.42 Å². The third kappa shape index (κ3) is 3.37. The molecule has 1 unspecified atom stereocenters. The minimum absolute atomic E-state index is 0.487. The van der Waals surface area contributed by atoms with Crippen LogP contribution in [0.3, 0.4) is 0 Å². The lowest BCUT2D eigenvalue weighted by Crippen LogP contribution is -2.11. The van der Waals surface area contributed by atoms with E-state index in [4.69, 9.17) is 10.3 Å². The molecule has 2 aromatic rings. The number of rotatable bonds is 5. The van der Waals surface area contributed by atoms with Gasteiger partial charge in [0.15, 0.2) is 0 Å². The summed E-state index contributed by atoms with van der Waals surface area (Å²) in [5.74, 6) is 1.84. The number of halogens is 1. The first-order chi connectivity index (χ1) is 8.19. The molecule has 0 saturated heterocycles. The molecule has 6 heteroatoms. The fourth-order valence-corrected chi connectivity index (χ4v) is 2.73. The Morgan fingerprint density at radius 2 is 2.41 bits per heavy atom. The summed E-state index contributed by atoms with van der Waals surface area (Å²) in [7, 11) is 0. The average Bonchev–Trinajstić information content (AvgIpc) is 2.94. The summed E-state index contributed by atoms with van der Waals surface area (Å²) < 4.78 is 6.25. The zero-order valence-corrected chi connectivity index (χ0v) is 11.9. The normalized spacial score (nSPS) is 12.9. The molecule has 17 heavy (non-hydrogen) atoms. The number of aryl methyl sites for hydroxylation is 1. The maximum absolute atomic E-state index is 5.57. The molecule has 0 amide bonds. The third-order valence-electron chi connectivity index (χ3n) is 2.51. The summed E-state index contributed by atoms with van der Waals surface area (Å²) in [5, 5.41) is 5.98. The van der Waals surface area contributed by atoms with Gasteiger partial charge in [-0.2, -0.15) is 4.98 Å². The molecule has 0 aliphatic carbocycles. The van der Waals surface area contributed by atoms with E-state index in [9.17, 15) is 0 Å². The molecule has 2 heterocycles. The van der Waals surface area contributed by atoms with Crippen LogP contribution >= 0.6 is 27.3 Å². The van der Waals surface area contributed by atoms with Gasteiger partial charge in [0.25, 0.3) is 0 Å².